The molecular formula is C37H41F5N6O3. The molecule has 3 N–H and O–H groups in total. The molecule has 51 heavy (non-hydrogen) atoms. The van der Waals surface area contributed by atoms with Crippen LogP contribution < -0.4 is 16.0 Å². The summed E-state index contributed by atoms with van der Waals surface area (Å²) in [6.07, 6.45) is 6.45. The molecule has 1 atom stereocenters. The number of halogens is 5. The molecule has 0 fully saturated rings. The summed E-state index contributed by atoms with van der Waals surface area (Å²) in [5.41, 5.74) is 0.714. The molecule has 4 aromatic rings. The highest BCUT2D eigenvalue weighted by Gasteiger charge is 2.34. The van der Waals surface area contributed by atoms with Gasteiger partial charge in [-0.05, 0) is 66.6 Å². The third kappa shape index (κ3) is 8.89. The number of benzene rings is 2. The summed E-state index contributed by atoms with van der Waals surface area (Å²) in [5, 5.41) is 12.2. The van der Waals surface area contributed by atoms with Crippen molar-refractivity contribution < 1.29 is 36.3 Å². The van der Waals surface area contributed by atoms with E-state index in [0.29, 0.717) is 37.1 Å². The molecule has 0 saturated heterocycles. The van der Waals surface area contributed by atoms with Crippen molar-refractivity contribution in [3.05, 3.63) is 99.0 Å². The van der Waals surface area contributed by atoms with Crippen LogP contribution in [0.2, 0.25) is 0 Å². The number of nitrogens with one attached hydrogen (secondary N) is 3. The van der Waals surface area contributed by atoms with E-state index in [2.05, 4.69) is 33.0 Å². The molecule has 0 aliphatic heterocycles. The molecule has 5 rings (SSSR count). The summed E-state index contributed by atoms with van der Waals surface area (Å²) in [4.78, 5) is 43.6. The van der Waals surface area contributed by atoms with Gasteiger partial charge < -0.3 is 16.0 Å². The van der Waals surface area contributed by atoms with E-state index in [-0.39, 0.29) is 22.9 Å². The molecule has 2 heterocycles. The molecule has 0 spiro atoms. The van der Waals surface area contributed by atoms with Gasteiger partial charge in [0, 0.05) is 24.7 Å². The summed E-state index contributed by atoms with van der Waals surface area (Å²) in [6, 6.07) is 6.55. The minimum atomic E-state index is -4.93. The van der Waals surface area contributed by atoms with E-state index in [0.717, 1.165) is 58.8 Å². The first-order valence-electron chi connectivity index (χ1n) is 17.3. The fraction of sp³-hybridized carbons (Fsp3) is 0.432. The summed E-state index contributed by atoms with van der Waals surface area (Å²) in [5.74, 6) is -4.07. The lowest BCUT2D eigenvalue weighted by molar-refractivity contribution is -0.140. The number of carbonyl (C=O) groups is 3. The van der Waals surface area contributed by atoms with Gasteiger partial charge in [0.25, 0.3) is 17.7 Å². The van der Waals surface area contributed by atoms with Gasteiger partial charge in [-0.2, -0.15) is 18.3 Å². The molecule has 0 bridgehead atoms. The number of hydrogen-bond donors (Lipinski definition) is 3. The quantitative estimate of drug-likeness (QED) is 0.0870. The maximum Gasteiger partial charge on any atom is 0.419 e. The Morgan fingerprint density at radius 3 is 2.33 bits per heavy atom. The van der Waals surface area contributed by atoms with E-state index in [1.54, 1.807) is 6.07 Å². The Balaban J connectivity index is 1.23. The second-order valence-electron chi connectivity index (χ2n) is 12.9. The van der Waals surface area contributed by atoms with E-state index in [9.17, 15) is 36.3 Å². The maximum absolute atomic E-state index is 14.6. The van der Waals surface area contributed by atoms with Gasteiger partial charge in [0.05, 0.1) is 17.8 Å². The third-order valence-electron chi connectivity index (χ3n) is 9.24. The van der Waals surface area contributed by atoms with Crippen LogP contribution in [0.3, 0.4) is 0 Å². The molecule has 0 unspecified atom stereocenters. The zero-order valence-corrected chi connectivity index (χ0v) is 28.6. The van der Waals surface area contributed by atoms with Gasteiger partial charge in [0.2, 0.25) is 0 Å². The van der Waals surface area contributed by atoms with Crippen LogP contribution >= 0.6 is 0 Å². The third-order valence-corrected chi connectivity index (χ3v) is 9.24. The number of unbranched alkanes of at least 4 members (excludes halogenated alkanes) is 7. The van der Waals surface area contributed by atoms with Crippen molar-refractivity contribution in [1.29, 1.82) is 0 Å². The Kier molecular flexibility index (Phi) is 12.0. The Bertz CT molecular complexity index is 1910. The Labute approximate surface area is 292 Å². The van der Waals surface area contributed by atoms with Crippen molar-refractivity contribution in [2.24, 2.45) is 0 Å². The van der Waals surface area contributed by atoms with Crippen LogP contribution in [0.1, 0.15) is 130 Å². The average molecular weight is 713 g/mol. The number of carbonyl (C=O) groups excluding carboxylic acids is 3. The van der Waals surface area contributed by atoms with E-state index in [4.69, 9.17) is 0 Å². The van der Waals surface area contributed by atoms with Gasteiger partial charge in [-0.15, -0.1) is 0 Å². The molecule has 1 aliphatic rings. The van der Waals surface area contributed by atoms with Gasteiger partial charge in [-0.3, -0.25) is 14.4 Å². The Morgan fingerprint density at radius 1 is 0.882 bits per heavy atom. The lowest BCUT2D eigenvalue weighted by atomic mass is 9.97. The van der Waals surface area contributed by atoms with Gasteiger partial charge in [0.1, 0.15) is 17.2 Å². The molecule has 0 saturated carbocycles. The molecule has 272 valence electrons. The van der Waals surface area contributed by atoms with Crippen LogP contribution in [0.4, 0.5) is 22.0 Å². The van der Waals surface area contributed by atoms with Crippen molar-refractivity contribution >= 4 is 23.4 Å². The molecule has 14 heteroatoms. The van der Waals surface area contributed by atoms with Crippen LogP contribution in [0.15, 0.2) is 42.6 Å². The van der Waals surface area contributed by atoms with Crippen molar-refractivity contribution in [2.75, 3.05) is 6.54 Å². The minimum Gasteiger partial charge on any atom is -0.352 e. The zero-order chi connectivity index (χ0) is 36.7. The van der Waals surface area contributed by atoms with Crippen LogP contribution in [0, 0.1) is 18.6 Å². The van der Waals surface area contributed by atoms with Crippen LogP contribution in [-0.2, 0) is 19.1 Å². The molecule has 0 radical (unpaired) electrons. The number of amides is 3. The first kappa shape index (κ1) is 37.4. The molecule has 1 aliphatic carbocycles. The molecule has 2 aromatic heterocycles. The number of rotatable bonds is 15. The average Bonchev–Trinajstić information content (AvgIpc) is 3.69. The number of nitrogens with zero attached hydrogens (tertiary/aromatic N) is 3. The number of fused-ring (bicyclic) bond motifs is 2. The van der Waals surface area contributed by atoms with Gasteiger partial charge in [0.15, 0.2) is 11.5 Å². The van der Waals surface area contributed by atoms with E-state index >= 15 is 0 Å². The molecule has 2 aromatic carbocycles. The minimum absolute atomic E-state index is 0.0361. The van der Waals surface area contributed by atoms with Gasteiger partial charge in [-0.25, -0.2) is 18.3 Å². The highest BCUT2D eigenvalue weighted by molar-refractivity contribution is 5.99. The number of hydrogen-bond acceptors (Lipinski definition) is 5. The predicted molar refractivity (Wildman–Crippen MR) is 180 cm³/mol. The summed E-state index contributed by atoms with van der Waals surface area (Å²) >= 11 is 0. The van der Waals surface area contributed by atoms with Crippen molar-refractivity contribution in [3.63, 3.8) is 0 Å². The highest BCUT2D eigenvalue weighted by atomic mass is 19.4. The first-order valence-corrected chi connectivity index (χ1v) is 17.3. The largest absolute Gasteiger partial charge is 0.419 e. The smallest absolute Gasteiger partial charge is 0.352 e. The monoisotopic (exact) mass is 712 g/mol. The number of alkyl halides is 3. The fourth-order valence-electron chi connectivity index (χ4n) is 6.45. The lowest BCUT2D eigenvalue weighted by Crippen LogP contribution is -2.31. The Morgan fingerprint density at radius 2 is 1.61 bits per heavy atom. The number of aromatic nitrogens is 3. The van der Waals surface area contributed by atoms with Crippen LogP contribution in [0.5, 0.6) is 0 Å². The lowest BCUT2D eigenvalue weighted by Gasteiger charge is -2.17. The first-order chi connectivity index (χ1) is 24.4. The van der Waals surface area contributed by atoms with Crippen LogP contribution in [-0.4, -0.2) is 38.9 Å². The van der Waals surface area contributed by atoms with E-state index in [1.165, 1.54) is 32.1 Å². The fourth-order valence-corrected chi connectivity index (χ4v) is 6.45. The van der Waals surface area contributed by atoms with Crippen molar-refractivity contribution in [1.82, 2.24) is 30.5 Å². The standard InChI is InChI=1S/C37H41F5N6O3/c1-3-4-5-6-7-8-9-10-17-43-34(49)25-12-13-26-24(22(25)2)14-16-30(26)47-36(51)32-19-31(46-33-29(39)21-45-48(32)33)35(50)44-20-23-11-15-28(38)27(18-23)37(40,41)42/h11-13,15,18-19,21,30H,3-10,14,16-17,20H2,1-2H3,(H,43,49)(H,44,50)(H,47,51)/t30-/m0/s1. The summed E-state index contributed by atoms with van der Waals surface area (Å²) in [6.45, 7) is 4.26. The van der Waals surface area contributed by atoms with Gasteiger partial charge >= 0.3 is 6.18 Å². The topological polar surface area (TPSA) is 117 Å². The predicted octanol–water partition coefficient (Wildman–Crippen LogP) is 7.55. The van der Waals surface area contributed by atoms with E-state index in [1.807, 2.05) is 13.0 Å². The van der Waals surface area contributed by atoms with Crippen LogP contribution in [0.25, 0.3) is 5.65 Å². The van der Waals surface area contributed by atoms with Crippen molar-refractivity contribution in [2.45, 2.75) is 96.8 Å². The summed E-state index contributed by atoms with van der Waals surface area (Å²) < 4.78 is 68.7. The second-order valence-corrected chi connectivity index (χ2v) is 12.9. The van der Waals surface area contributed by atoms with Crippen molar-refractivity contribution in [3.8, 4) is 0 Å². The van der Waals surface area contributed by atoms with E-state index < -0.39 is 53.4 Å². The molecule has 9 nitrogen and oxygen atoms in total. The molecular weight excluding hydrogens is 671 g/mol. The second kappa shape index (κ2) is 16.4. The Hall–Kier alpha value is -4.88. The normalized spacial score (nSPS) is 14.1. The highest BCUT2D eigenvalue weighted by Crippen LogP contribution is 2.35. The zero-order valence-electron chi connectivity index (χ0n) is 28.6. The SMILES string of the molecule is CCCCCCCCCCNC(=O)c1ccc2c(c1C)CC[C@@H]2NC(=O)c1cc(C(=O)NCc2ccc(F)c(C(F)(F)F)c2)nc2c(F)cnn12. The van der Waals surface area contributed by atoms with Gasteiger partial charge in [-0.1, -0.05) is 64.0 Å². The maximum atomic E-state index is 14.6. The summed E-state index contributed by atoms with van der Waals surface area (Å²) in [7, 11) is 0. The molecule has 3 amide bonds.